The van der Waals surface area contributed by atoms with Gasteiger partial charge in [0.1, 0.15) is 24.1 Å². The molecule has 1 fully saturated rings. The Morgan fingerprint density at radius 3 is 2.31 bits per heavy atom. The van der Waals surface area contributed by atoms with E-state index < -0.39 is 34.4 Å². The summed E-state index contributed by atoms with van der Waals surface area (Å²) in [5.41, 5.74) is 0.863. The minimum Gasteiger partial charge on any atom is -0.497 e. The van der Waals surface area contributed by atoms with Crippen LogP contribution in [0.3, 0.4) is 0 Å². The van der Waals surface area contributed by atoms with Gasteiger partial charge in [-0.15, -0.1) is 0 Å². The molecule has 0 radical (unpaired) electrons. The number of rotatable bonds is 9. The van der Waals surface area contributed by atoms with Crippen LogP contribution in [0.4, 0.5) is 0 Å². The first-order chi connectivity index (χ1) is 15.2. The second kappa shape index (κ2) is 10.6. The maximum Gasteiger partial charge on any atom is 0.240 e. The van der Waals surface area contributed by atoms with Crippen molar-refractivity contribution < 1.29 is 32.9 Å². The van der Waals surface area contributed by atoms with Crippen LogP contribution in [0, 0.1) is 0 Å². The molecule has 9 nitrogen and oxygen atoms in total. The lowest BCUT2D eigenvalue weighted by atomic mass is 10.1. The number of methoxy groups -OCH3 is 1. The largest absolute Gasteiger partial charge is 0.497 e. The summed E-state index contributed by atoms with van der Waals surface area (Å²) in [4.78, 5) is 12.3. The van der Waals surface area contributed by atoms with Gasteiger partial charge in [-0.05, 0) is 42.0 Å². The summed E-state index contributed by atoms with van der Waals surface area (Å²) in [6.07, 6.45) is -4.83. The normalized spacial score (nSPS) is 23.1. The van der Waals surface area contributed by atoms with E-state index in [-0.39, 0.29) is 30.3 Å². The van der Waals surface area contributed by atoms with E-state index in [0.29, 0.717) is 10.8 Å². The van der Waals surface area contributed by atoms with Crippen molar-refractivity contribution in [2.75, 3.05) is 13.7 Å². The highest BCUT2D eigenvalue weighted by molar-refractivity contribution is 7.89. The van der Waals surface area contributed by atoms with Crippen LogP contribution in [0.25, 0.3) is 0 Å². The average Bonchev–Trinajstić information content (AvgIpc) is 3.05. The van der Waals surface area contributed by atoms with Crippen LogP contribution in [0.1, 0.15) is 12.0 Å². The second-order valence-corrected chi connectivity index (χ2v) is 9.53. The molecule has 1 amide bonds. The van der Waals surface area contributed by atoms with E-state index in [9.17, 15) is 23.4 Å². The van der Waals surface area contributed by atoms with Gasteiger partial charge >= 0.3 is 0 Å². The molecule has 1 aliphatic heterocycles. The van der Waals surface area contributed by atoms with Crippen LogP contribution < -0.4 is 14.8 Å². The quantitative estimate of drug-likeness (QED) is 0.414. The van der Waals surface area contributed by atoms with E-state index >= 15 is 0 Å². The molecular weight excluding hydrogens is 460 g/mol. The molecule has 174 valence electrons. The van der Waals surface area contributed by atoms with Gasteiger partial charge < -0.3 is 25.0 Å². The highest BCUT2D eigenvalue weighted by Gasteiger charge is 2.43. The van der Waals surface area contributed by atoms with Crippen molar-refractivity contribution in [1.82, 2.24) is 10.0 Å². The maximum atomic E-state index is 12.4. The maximum absolute atomic E-state index is 12.4. The lowest BCUT2D eigenvalue weighted by Gasteiger charge is -2.15. The molecule has 0 spiro atoms. The fourth-order valence-electron chi connectivity index (χ4n) is 3.25. The van der Waals surface area contributed by atoms with E-state index in [4.69, 9.17) is 21.1 Å². The minimum atomic E-state index is -3.86. The highest BCUT2D eigenvalue weighted by atomic mass is 35.5. The van der Waals surface area contributed by atoms with E-state index in [2.05, 4.69) is 10.0 Å². The van der Waals surface area contributed by atoms with Gasteiger partial charge in [-0.25, -0.2) is 13.1 Å². The number of sulfonamides is 1. The number of halogens is 1. The molecular formula is C21H25ClN2O7S. The van der Waals surface area contributed by atoms with E-state index in [0.717, 1.165) is 5.56 Å². The Morgan fingerprint density at radius 2 is 1.69 bits per heavy atom. The number of aliphatic hydroxyl groups excluding tert-OH is 2. The van der Waals surface area contributed by atoms with E-state index in [1.165, 1.54) is 24.3 Å². The monoisotopic (exact) mass is 484 g/mol. The van der Waals surface area contributed by atoms with Crippen molar-refractivity contribution in [2.45, 2.75) is 42.3 Å². The predicted octanol–water partition coefficient (Wildman–Crippen LogP) is 0.823. The van der Waals surface area contributed by atoms with Crippen LogP contribution in [0.2, 0.25) is 5.02 Å². The summed E-state index contributed by atoms with van der Waals surface area (Å²) < 4.78 is 37.8. The van der Waals surface area contributed by atoms with Gasteiger partial charge in [0.05, 0.1) is 24.5 Å². The third-order valence-corrected chi connectivity index (χ3v) is 6.79. The molecule has 4 atom stereocenters. The van der Waals surface area contributed by atoms with Gasteiger partial charge in [0.15, 0.2) is 0 Å². The van der Waals surface area contributed by atoms with Crippen LogP contribution >= 0.6 is 11.6 Å². The molecule has 3 rings (SSSR count). The van der Waals surface area contributed by atoms with Crippen molar-refractivity contribution >= 4 is 27.5 Å². The molecule has 1 aliphatic rings. The van der Waals surface area contributed by atoms with Crippen molar-refractivity contribution in [1.29, 1.82) is 0 Å². The number of hydrogen-bond donors (Lipinski definition) is 4. The molecule has 0 aromatic heterocycles. The molecule has 32 heavy (non-hydrogen) atoms. The molecule has 0 bridgehead atoms. The number of carbonyl (C=O) groups excluding carboxylic acids is 1. The number of nitrogens with one attached hydrogen (secondary N) is 2. The molecule has 11 heteroatoms. The Hall–Kier alpha value is -2.21. The van der Waals surface area contributed by atoms with Crippen LogP contribution in [-0.4, -0.2) is 62.6 Å². The van der Waals surface area contributed by atoms with E-state index in [1.54, 1.807) is 19.2 Å². The zero-order chi connectivity index (χ0) is 23.3. The molecule has 0 aliphatic carbocycles. The summed E-state index contributed by atoms with van der Waals surface area (Å²) in [5.74, 6) is 0.328. The first-order valence-corrected chi connectivity index (χ1v) is 11.7. The topological polar surface area (TPSA) is 134 Å². The van der Waals surface area contributed by atoms with Crippen LogP contribution in [0.15, 0.2) is 53.4 Å². The van der Waals surface area contributed by atoms with Gasteiger partial charge in [-0.3, -0.25) is 4.79 Å². The highest BCUT2D eigenvalue weighted by Crippen LogP contribution is 2.24. The summed E-state index contributed by atoms with van der Waals surface area (Å²) in [7, 11) is -2.30. The van der Waals surface area contributed by atoms with Crippen molar-refractivity contribution in [2.24, 2.45) is 0 Å². The number of hydrogen-bond acceptors (Lipinski definition) is 7. The molecule has 0 unspecified atom stereocenters. The molecule has 1 saturated heterocycles. The van der Waals surface area contributed by atoms with Crippen LogP contribution in [0.5, 0.6) is 5.75 Å². The second-order valence-electron chi connectivity index (χ2n) is 7.33. The lowest BCUT2D eigenvalue weighted by Crippen LogP contribution is -2.40. The van der Waals surface area contributed by atoms with Gasteiger partial charge in [-0.2, -0.15) is 0 Å². The summed E-state index contributed by atoms with van der Waals surface area (Å²) >= 11 is 5.77. The summed E-state index contributed by atoms with van der Waals surface area (Å²) in [6.45, 7) is 0.00563. The van der Waals surface area contributed by atoms with E-state index in [1.807, 2.05) is 12.1 Å². The van der Waals surface area contributed by atoms with Gasteiger partial charge in [-0.1, -0.05) is 23.7 Å². The molecule has 0 saturated carbocycles. The standard InChI is InChI=1S/C21H25ClN2O7S/c1-30-15-6-2-13(3-7-15)11-23-19(25)10-17-20(26)21(27)18(31-17)12-24-32(28,29)16-8-4-14(22)5-9-16/h2-9,17-18,20-21,24,26-27H,10-12H2,1H3,(H,23,25)/t17-,18-,20+,21-/m1/s1. The lowest BCUT2D eigenvalue weighted by molar-refractivity contribution is -0.125. The number of amides is 1. The summed E-state index contributed by atoms with van der Waals surface area (Å²) in [5, 5.41) is 23.6. The Balaban J connectivity index is 1.50. The van der Waals surface area contributed by atoms with Gasteiger partial charge in [0.2, 0.25) is 15.9 Å². The number of aliphatic hydroxyl groups is 2. The molecule has 4 N–H and O–H groups in total. The first-order valence-electron chi connectivity index (χ1n) is 9.86. The first kappa shape index (κ1) is 24.4. The Labute approximate surface area is 191 Å². The SMILES string of the molecule is COc1ccc(CNC(=O)C[C@H]2O[C@H](CNS(=O)(=O)c3ccc(Cl)cc3)[C@@H](O)[C@H]2O)cc1. The predicted molar refractivity (Wildman–Crippen MR) is 117 cm³/mol. The molecule has 1 heterocycles. The average molecular weight is 485 g/mol. The molecule has 2 aromatic rings. The fraction of sp³-hybridized carbons (Fsp3) is 0.381. The van der Waals surface area contributed by atoms with Gasteiger partial charge in [0, 0.05) is 18.1 Å². The smallest absolute Gasteiger partial charge is 0.240 e. The van der Waals surface area contributed by atoms with Gasteiger partial charge in [0.25, 0.3) is 0 Å². The fourth-order valence-corrected chi connectivity index (χ4v) is 4.42. The van der Waals surface area contributed by atoms with Crippen LogP contribution in [-0.2, 0) is 26.1 Å². The van der Waals surface area contributed by atoms with Crippen molar-refractivity contribution in [3.8, 4) is 5.75 Å². The van der Waals surface area contributed by atoms with Crippen molar-refractivity contribution in [3.63, 3.8) is 0 Å². The zero-order valence-corrected chi connectivity index (χ0v) is 18.8. The molecule has 2 aromatic carbocycles. The Morgan fingerprint density at radius 1 is 1.06 bits per heavy atom. The zero-order valence-electron chi connectivity index (χ0n) is 17.3. The number of carbonyl (C=O) groups is 1. The Kier molecular flexibility index (Phi) is 8.10. The minimum absolute atomic E-state index is 0.00407. The Bertz CT molecular complexity index is 1020. The summed E-state index contributed by atoms with van der Waals surface area (Å²) in [6, 6.07) is 12.8. The third-order valence-electron chi connectivity index (χ3n) is 5.10. The number of ether oxygens (including phenoxy) is 2. The third kappa shape index (κ3) is 6.18. The van der Waals surface area contributed by atoms with Crippen molar-refractivity contribution in [3.05, 3.63) is 59.1 Å². The number of benzene rings is 2.